The first-order chi connectivity index (χ1) is 17.6. The maximum atomic E-state index is 11.7. The molecule has 0 aliphatic heterocycles. The topological polar surface area (TPSA) is 103 Å². The lowest BCUT2D eigenvalue weighted by Crippen LogP contribution is -2.41. The molecular weight excluding hydrogens is 484 g/mol. The average molecular weight is 529 g/mol. The van der Waals surface area contributed by atoms with Crippen LogP contribution in [0.1, 0.15) is 70.7 Å². The van der Waals surface area contributed by atoms with Crippen molar-refractivity contribution < 1.29 is 28.6 Å². The minimum absolute atomic E-state index is 0.0579. The van der Waals surface area contributed by atoms with E-state index in [0.717, 1.165) is 17.5 Å². The fraction of sp³-hybridized carbons (Fsp3) is 0.500. The van der Waals surface area contributed by atoms with Crippen molar-refractivity contribution in [3.63, 3.8) is 0 Å². The predicted octanol–water partition coefficient (Wildman–Crippen LogP) is 6.01. The van der Waals surface area contributed by atoms with Crippen LogP contribution in [0.15, 0.2) is 48.5 Å². The number of ether oxygens (including phenoxy) is 3. The molecule has 0 spiro atoms. The largest absolute Gasteiger partial charge is 0.444 e. The van der Waals surface area contributed by atoms with Gasteiger partial charge in [-0.15, -0.1) is 0 Å². The van der Waals surface area contributed by atoms with Crippen molar-refractivity contribution >= 4 is 18.7 Å². The van der Waals surface area contributed by atoms with Gasteiger partial charge in [0.05, 0.1) is 0 Å². The van der Waals surface area contributed by atoms with Gasteiger partial charge in [0.15, 0.2) is 6.23 Å². The molecule has 38 heavy (non-hydrogen) atoms. The number of hydrogen-bond acceptors (Lipinski definition) is 6. The fourth-order valence-corrected chi connectivity index (χ4v) is 3.21. The van der Waals surface area contributed by atoms with Crippen LogP contribution in [0.25, 0.3) is 0 Å². The van der Waals surface area contributed by atoms with Gasteiger partial charge in [0.2, 0.25) is 0 Å². The van der Waals surface area contributed by atoms with Crippen LogP contribution in [0, 0.1) is 13.8 Å². The Morgan fingerprint density at radius 1 is 0.737 bits per heavy atom. The number of nitrogens with one attached hydrogen (secondary N) is 2. The molecule has 2 amide bonds. The number of benzene rings is 2. The minimum atomic E-state index is -0.745. The number of rotatable bonds is 8. The Bertz CT molecular complexity index is 1010. The molecule has 2 atom stereocenters. The van der Waals surface area contributed by atoms with E-state index in [1.807, 2.05) is 58.9 Å². The van der Waals surface area contributed by atoms with Crippen LogP contribution in [0.2, 0.25) is 0 Å². The van der Waals surface area contributed by atoms with E-state index in [2.05, 4.69) is 41.8 Å². The van der Waals surface area contributed by atoms with E-state index in [4.69, 9.17) is 14.2 Å². The summed E-state index contributed by atoms with van der Waals surface area (Å²) in [6, 6.07) is 16.2. The Labute approximate surface area is 227 Å². The maximum absolute atomic E-state index is 11.7. The van der Waals surface area contributed by atoms with Crippen LogP contribution >= 0.6 is 0 Å². The third-order valence-electron chi connectivity index (χ3n) is 4.86. The van der Waals surface area contributed by atoms with Gasteiger partial charge in [-0.05, 0) is 79.9 Å². The summed E-state index contributed by atoms with van der Waals surface area (Å²) in [4.78, 5) is 33.8. The first-order valence-corrected chi connectivity index (χ1v) is 12.8. The summed E-state index contributed by atoms with van der Waals surface area (Å²) < 4.78 is 15.2. The van der Waals surface area contributed by atoms with Gasteiger partial charge < -0.3 is 19.5 Å². The maximum Gasteiger partial charge on any atom is 0.410 e. The molecule has 8 heteroatoms. The van der Waals surface area contributed by atoms with Crippen molar-refractivity contribution in [1.29, 1.82) is 0 Å². The van der Waals surface area contributed by atoms with E-state index >= 15 is 0 Å². The fourth-order valence-electron chi connectivity index (χ4n) is 3.21. The number of carbonyl (C=O) groups excluding carboxylic acids is 3. The molecule has 0 aliphatic rings. The summed E-state index contributed by atoms with van der Waals surface area (Å²) in [6.07, 6.45) is -0.527. The molecule has 0 fully saturated rings. The third kappa shape index (κ3) is 15.5. The second-order valence-corrected chi connectivity index (χ2v) is 11.3. The highest BCUT2D eigenvalue weighted by Crippen LogP contribution is 2.11. The zero-order valence-electron chi connectivity index (χ0n) is 24.2. The third-order valence-corrected chi connectivity index (χ3v) is 4.86. The molecular formula is C30H44N2O6. The molecule has 0 radical (unpaired) electrons. The normalized spacial score (nSPS) is 12.7. The van der Waals surface area contributed by atoms with Crippen LogP contribution in [0.4, 0.5) is 9.59 Å². The molecule has 0 aromatic heterocycles. The van der Waals surface area contributed by atoms with E-state index in [-0.39, 0.29) is 12.1 Å². The Morgan fingerprint density at radius 2 is 1.13 bits per heavy atom. The Morgan fingerprint density at radius 3 is 1.53 bits per heavy atom. The van der Waals surface area contributed by atoms with Crippen LogP contribution in [0.5, 0.6) is 0 Å². The van der Waals surface area contributed by atoms with Gasteiger partial charge in [-0.25, -0.2) is 9.59 Å². The lowest BCUT2D eigenvalue weighted by Gasteiger charge is -2.22. The molecule has 0 aliphatic carbocycles. The number of amides is 2. The van der Waals surface area contributed by atoms with Crippen LogP contribution in [-0.4, -0.2) is 42.1 Å². The van der Waals surface area contributed by atoms with Gasteiger partial charge in [-0.1, -0.05) is 59.7 Å². The lowest BCUT2D eigenvalue weighted by molar-refractivity contribution is -0.134. The molecule has 2 rings (SSSR count). The highest BCUT2D eigenvalue weighted by atomic mass is 16.6. The second-order valence-electron chi connectivity index (χ2n) is 11.3. The summed E-state index contributed by atoms with van der Waals surface area (Å²) in [5.41, 5.74) is 3.50. The number of carbonyl (C=O) groups is 3. The molecule has 0 bridgehead atoms. The molecule has 0 heterocycles. The molecule has 0 saturated heterocycles. The number of hydrogen-bond donors (Lipinski definition) is 2. The first-order valence-electron chi connectivity index (χ1n) is 12.8. The predicted molar refractivity (Wildman–Crippen MR) is 149 cm³/mol. The highest BCUT2D eigenvalue weighted by Gasteiger charge is 2.20. The van der Waals surface area contributed by atoms with E-state index in [1.54, 1.807) is 20.8 Å². The molecule has 210 valence electrons. The Balaban J connectivity index is 0.000000382. The van der Waals surface area contributed by atoms with Crippen LogP contribution < -0.4 is 10.6 Å². The van der Waals surface area contributed by atoms with Gasteiger partial charge in [0.1, 0.15) is 11.2 Å². The monoisotopic (exact) mass is 528 g/mol. The van der Waals surface area contributed by atoms with Gasteiger partial charge >= 0.3 is 12.2 Å². The summed E-state index contributed by atoms with van der Waals surface area (Å²) in [7, 11) is 0. The molecule has 0 saturated carbocycles. The molecule has 2 aromatic rings. The average Bonchev–Trinajstić information content (AvgIpc) is 2.75. The van der Waals surface area contributed by atoms with Gasteiger partial charge in [0.25, 0.3) is 6.47 Å². The van der Waals surface area contributed by atoms with Crippen molar-refractivity contribution in [3.05, 3.63) is 70.8 Å². The smallest absolute Gasteiger partial charge is 0.410 e. The quantitative estimate of drug-likeness (QED) is 0.247. The summed E-state index contributed by atoms with van der Waals surface area (Å²) in [6.45, 7) is 17.2. The van der Waals surface area contributed by atoms with E-state index in [9.17, 15) is 14.4 Å². The van der Waals surface area contributed by atoms with Crippen molar-refractivity contribution in [1.82, 2.24) is 10.6 Å². The summed E-state index contributed by atoms with van der Waals surface area (Å²) >= 11 is 0. The Hall–Kier alpha value is -3.55. The zero-order chi connectivity index (χ0) is 28.9. The van der Waals surface area contributed by atoms with Crippen LogP contribution in [0.3, 0.4) is 0 Å². The highest BCUT2D eigenvalue weighted by molar-refractivity contribution is 5.68. The van der Waals surface area contributed by atoms with Crippen molar-refractivity contribution in [2.45, 2.75) is 98.6 Å². The van der Waals surface area contributed by atoms with Crippen LogP contribution in [-0.2, 0) is 31.8 Å². The van der Waals surface area contributed by atoms with Crippen molar-refractivity contribution in [2.24, 2.45) is 0 Å². The molecule has 0 unspecified atom stereocenters. The second kappa shape index (κ2) is 15.0. The van der Waals surface area contributed by atoms with E-state index < -0.39 is 23.5 Å². The van der Waals surface area contributed by atoms with E-state index in [0.29, 0.717) is 12.9 Å². The minimum Gasteiger partial charge on any atom is -0.444 e. The lowest BCUT2D eigenvalue weighted by atomic mass is 10.1. The zero-order valence-corrected chi connectivity index (χ0v) is 24.2. The SMILES string of the molecule is Cc1ccc(C[C@@H](C)NC(=O)OC(C)(C)C)cc1.Cc1ccc(C[C@H](NC(=O)OC(C)(C)C)OC=O)cc1. The van der Waals surface area contributed by atoms with E-state index in [1.165, 1.54) is 11.1 Å². The number of alkyl carbamates (subject to hydrolysis) is 2. The standard InChI is InChI=1S/C15H21NO4.C15H23NO2/c1-11-5-7-12(8-6-11)9-13(19-10-17)16-14(18)20-15(2,3)4;1-11-6-8-13(9-7-11)10-12(2)16-14(17)18-15(3,4)5/h5-8,10,13H,9H2,1-4H3,(H,16,18);6-9,12H,10H2,1-5H3,(H,16,17)/t13-;12-/m11/s1. The van der Waals surface area contributed by atoms with Gasteiger partial charge in [0, 0.05) is 12.5 Å². The molecule has 2 aromatic carbocycles. The Kier molecular flexibility index (Phi) is 12.8. The summed E-state index contributed by atoms with van der Waals surface area (Å²) in [5, 5.41) is 5.36. The van der Waals surface area contributed by atoms with Crippen molar-refractivity contribution in [3.8, 4) is 0 Å². The molecule has 2 N–H and O–H groups in total. The van der Waals surface area contributed by atoms with Gasteiger partial charge in [-0.2, -0.15) is 0 Å². The number of aryl methyl sites for hydroxylation is 2. The van der Waals surface area contributed by atoms with Crippen molar-refractivity contribution in [2.75, 3.05) is 0 Å². The van der Waals surface area contributed by atoms with Gasteiger partial charge in [-0.3, -0.25) is 10.1 Å². The first kappa shape index (κ1) is 32.5. The molecule has 8 nitrogen and oxygen atoms in total. The summed E-state index contributed by atoms with van der Waals surface area (Å²) in [5.74, 6) is 0.